The van der Waals surface area contributed by atoms with E-state index in [2.05, 4.69) is 5.32 Å². The highest BCUT2D eigenvalue weighted by molar-refractivity contribution is 5.82. The van der Waals surface area contributed by atoms with Crippen molar-refractivity contribution in [3.63, 3.8) is 0 Å². The van der Waals surface area contributed by atoms with Crippen LogP contribution in [0.1, 0.15) is 19.8 Å². The summed E-state index contributed by atoms with van der Waals surface area (Å²) in [6, 6.07) is 7.63. The summed E-state index contributed by atoms with van der Waals surface area (Å²) in [6.45, 7) is 4.69. The molecule has 1 saturated heterocycles. The summed E-state index contributed by atoms with van der Waals surface area (Å²) in [7, 11) is 0. The van der Waals surface area contributed by atoms with Gasteiger partial charge in [-0.05, 0) is 38.4 Å². The van der Waals surface area contributed by atoms with E-state index in [0.717, 1.165) is 30.9 Å². The van der Waals surface area contributed by atoms with Crippen LogP contribution in [-0.2, 0) is 4.79 Å². The monoisotopic (exact) mass is 290 g/mol. The number of nitrogens with one attached hydrogen (secondary N) is 1. The van der Waals surface area contributed by atoms with Crippen molar-refractivity contribution in [3.8, 4) is 11.5 Å². The number of fused-ring (bicyclic) bond motifs is 1. The molecule has 114 valence electrons. The van der Waals surface area contributed by atoms with Crippen LogP contribution < -0.4 is 14.8 Å². The van der Waals surface area contributed by atoms with Gasteiger partial charge in [-0.25, -0.2) is 0 Å². The SMILES string of the molecule is CCN(CC1COc2ccccc2O1)C(=O)C1CCCN1. The van der Waals surface area contributed by atoms with Crippen molar-refractivity contribution in [1.29, 1.82) is 0 Å². The fourth-order valence-corrected chi connectivity index (χ4v) is 2.89. The molecule has 0 spiro atoms. The molecule has 0 aliphatic carbocycles. The third-order valence-electron chi connectivity index (χ3n) is 4.04. The fraction of sp³-hybridized carbons (Fsp3) is 0.562. The van der Waals surface area contributed by atoms with Gasteiger partial charge < -0.3 is 19.7 Å². The molecule has 3 rings (SSSR count). The normalized spacial score (nSPS) is 23.9. The number of carbonyl (C=O) groups is 1. The summed E-state index contributed by atoms with van der Waals surface area (Å²) < 4.78 is 11.6. The molecule has 2 atom stereocenters. The van der Waals surface area contributed by atoms with Crippen molar-refractivity contribution in [2.45, 2.75) is 31.9 Å². The van der Waals surface area contributed by atoms with E-state index in [1.807, 2.05) is 36.1 Å². The Labute approximate surface area is 125 Å². The van der Waals surface area contributed by atoms with Crippen LogP contribution in [0.25, 0.3) is 0 Å². The molecule has 1 amide bonds. The number of rotatable bonds is 4. The molecule has 0 bridgehead atoms. The molecule has 5 nitrogen and oxygen atoms in total. The first-order valence-electron chi connectivity index (χ1n) is 7.68. The summed E-state index contributed by atoms with van der Waals surface area (Å²) in [6.07, 6.45) is 1.90. The number of hydrogen-bond acceptors (Lipinski definition) is 4. The molecule has 1 aromatic carbocycles. The summed E-state index contributed by atoms with van der Waals surface area (Å²) in [4.78, 5) is 14.3. The van der Waals surface area contributed by atoms with E-state index in [1.165, 1.54) is 0 Å². The van der Waals surface area contributed by atoms with Crippen LogP contribution >= 0.6 is 0 Å². The first-order valence-corrected chi connectivity index (χ1v) is 7.68. The van der Waals surface area contributed by atoms with Crippen molar-refractivity contribution in [2.24, 2.45) is 0 Å². The van der Waals surface area contributed by atoms with Gasteiger partial charge in [0.2, 0.25) is 5.91 Å². The van der Waals surface area contributed by atoms with Crippen LogP contribution in [0.5, 0.6) is 11.5 Å². The molecule has 1 aromatic rings. The maximum Gasteiger partial charge on any atom is 0.239 e. The van der Waals surface area contributed by atoms with Crippen molar-refractivity contribution in [2.75, 3.05) is 26.2 Å². The highest BCUT2D eigenvalue weighted by Crippen LogP contribution is 2.31. The molecule has 2 unspecified atom stereocenters. The zero-order valence-corrected chi connectivity index (χ0v) is 12.4. The second-order valence-corrected chi connectivity index (χ2v) is 5.52. The third kappa shape index (κ3) is 3.13. The van der Waals surface area contributed by atoms with Gasteiger partial charge in [0, 0.05) is 6.54 Å². The van der Waals surface area contributed by atoms with Gasteiger partial charge in [0.1, 0.15) is 6.61 Å². The van der Waals surface area contributed by atoms with Gasteiger partial charge >= 0.3 is 0 Å². The zero-order chi connectivity index (χ0) is 14.7. The quantitative estimate of drug-likeness (QED) is 0.911. The van der Waals surface area contributed by atoms with Crippen LogP contribution in [0.3, 0.4) is 0 Å². The molecule has 0 aromatic heterocycles. The van der Waals surface area contributed by atoms with Crippen LogP contribution in [0.4, 0.5) is 0 Å². The topological polar surface area (TPSA) is 50.8 Å². The summed E-state index contributed by atoms with van der Waals surface area (Å²) in [5.41, 5.74) is 0. The molecule has 1 N–H and O–H groups in total. The van der Waals surface area contributed by atoms with E-state index in [0.29, 0.717) is 19.7 Å². The van der Waals surface area contributed by atoms with E-state index >= 15 is 0 Å². The van der Waals surface area contributed by atoms with Crippen molar-refractivity contribution in [1.82, 2.24) is 10.2 Å². The Hall–Kier alpha value is -1.75. The minimum Gasteiger partial charge on any atom is -0.486 e. The Morgan fingerprint density at radius 1 is 1.38 bits per heavy atom. The van der Waals surface area contributed by atoms with E-state index < -0.39 is 0 Å². The molecular weight excluding hydrogens is 268 g/mol. The van der Waals surface area contributed by atoms with E-state index in [4.69, 9.17) is 9.47 Å². The van der Waals surface area contributed by atoms with Crippen LogP contribution in [0, 0.1) is 0 Å². The number of ether oxygens (including phenoxy) is 2. The standard InChI is InChI=1S/C16H22N2O3/c1-2-18(16(19)13-6-5-9-17-13)10-12-11-20-14-7-3-4-8-15(14)21-12/h3-4,7-8,12-13,17H,2,5-6,9-11H2,1H3. The predicted octanol–water partition coefficient (Wildman–Crippen LogP) is 1.43. The second-order valence-electron chi connectivity index (χ2n) is 5.52. The Bertz CT molecular complexity index is 500. The molecule has 0 saturated carbocycles. The molecule has 2 aliphatic rings. The lowest BCUT2D eigenvalue weighted by atomic mass is 10.2. The average Bonchev–Trinajstić information content (AvgIpc) is 3.06. The van der Waals surface area contributed by atoms with Crippen LogP contribution in [-0.4, -0.2) is 49.2 Å². The average molecular weight is 290 g/mol. The highest BCUT2D eigenvalue weighted by Gasteiger charge is 2.29. The van der Waals surface area contributed by atoms with Gasteiger partial charge in [-0.1, -0.05) is 12.1 Å². The molecule has 0 radical (unpaired) electrons. The summed E-state index contributed by atoms with van der Waals surface area (Å²) >= 11 is 0. The molecular formula is C16H22N2O3. The smallest absolute Gasteiger partial charge is 0.239 e. The Morgan fingerprint density at radius 3 is 2.90 bits per heavy atom. The number of benzene rings is 1. The third-order valence-corrected chi connectivity index (χ3v) is 4.04. The highest BCUT2D eigenvalue weighted by atomic mass is 16.6. The van der Waals surface area contributed by atoms with Crippen molar-refractivity contribution < 1.29 is 14.3 Å². The minimum atomic E-state index is -0.106. The molecule has 2 heterocycles. The van der Waals surface area contributed by atoms with Gasteiger partial charge in [-0.15, -0.1) is 0 Å². The molecule has 2 aliphatic heterocycles. The number of carbonyl (C=O) groups excluding carboxylic acids is 1. The van der Waals surface area contributed by atoms with Gasteiger partial charge in [-0.2, -0.15) is 0 Å². The number of likely N-dealkylation sites (N-methyl/N-ethyl adjacent to an activating group) is 1. The Morgan fingerprint density at radius 2 is 2.19 bits per heavy atom. The number of nitrogens with zero attached hydrogens (tertiary/aromatic N) is 1. The first kappa shape index (κ1) is 14.2. The first-order chi connectivity index (χ1) is 10.3. The van der Waals surface area contributed by atoms with Crippen LogP contribution in [0.15, 0.2) is 24.3 Å². The number of amides is 1. The molecule has 1 fully saturated rings. The lowest BCUT2D eigenvalue weighted by molar-refractivity contribution is -0.134. The van der Waals surface area contributed by atoms with E-state index in [9.17, 15) is 4.79 Å². The van der Waals surface area contributed by atoms with Gasteiger partial charge in [0.25, 0.3) is 0 Å². The van der Waals surface area contributed by atoms with E-state index in [1.54, 1.807) is 0 Å². The second kappa shape index (κ2) is 6.35. The van der Waals surface area contributed by atoms with Gasteiger partial charge in [0.05, 0.1) is 12.6 Å². The number of para-hydroxylation sites is 2. The Kier molecular flexibility index (Phi) is 4.29. The lowest BCUT2D eigenvalue weighted by Gasteiger charge is -2.32. The minimum absolute atomic E-state index is 0.0262. The molecule has 21 heavy (non-hydrogen) atoms. The van der Waals surface area contributed by atoms with Crippen LogP contribution in [0.2, 0.25) is 0 Å². The summed E-state index contributed by atoms with van der Waals surface area (Å²) in [5, 5.41) is 3.26. The number of hydrogen-bond donors (Lipinski definition) is 1. The van der Waals surface area contributed by atoms with Crippen molar-refractivity contribution >= 4 is 5.91 Å². The summed E-state index contributed by atoms with van der Waals surface area (Å²) in [5.74, 6) is 1.72. The maximum atomic E-state index is 12.5. The van der Waals surface area contributed by atoms with Crippen molar-refractivity contribution in [3.05, 3.63) is 24.3 Å². The van der Waals surface area contributed by atoms with Gasteiger partial charge in [0.15, 0.2) is 17.6 Å². The maximum absolute atomic E-state index is 12.5. The predicted molar refractivity (Wildman–Crippen MR) is 79.6 cm³/mol. The molecule has 5 heteroatoms. The lowest BCUT2D eigenvalue weighted by Crippen LogP contribution is -2.49. The largest absolute Gasteiger partial charge is 0.486 e. The van der Waals surface area contributed by atoms with E-state index in [-0.39, 0.29) is 18.1 Å². The zero-order valence-electron chi connectivity index (χ0n) is 12.4. The fourth-order valence-electron chi connectivity index (χ4n) is 2.89. The van der Waals surface area contributed by atoms with Gasteiger partial charge in [-0.3, -0.25) is 4.79 Å². The Balaban J connectivity index is 1.61.